The van der Waals surface area contributed by atoms with Gasteiger partial charge in [-0.1, -0.05) is 0 Å². The van der Waals surface area contributed by atoms with E-state index < -0.39 is 18.2 Å². The summed E-state index contributed by atoms with van der Waals surface area (Å²) in [5, 5.41) is 10.2. The average Bonchev–Trinajstić information content (AvgIpc) is 1.96. The molecule has 2 rings (SSSR count). The van der Waals surface area contributed by atoms with E-state index in [0.717, 1.165) is 13.1 Å². The van der Waals surface area contributed by atoms with Gasteiger partial charge in [-0.05, 0) is 18.4 Å². The number of allylic oxidation sites excluding steroid dienone is 1. The Morgan fingerprint density at radius 1 is 1.24 bits per heavy atom. The largest absolute Gasteiger partial charge is 0.490 e. The van der Waals surface area contributed by atoms with E-state index in [1.165, 1.54) is 0 Å². The molecule has 0 radical (unpaired) electrons. The van der Waals surface area contributed by atoms with Gasteiger partial charge in [0.25, 0.3) is 6.08 Å². The number of carbonyl (C=O) groups is 1. The predicted molar refractivity (Wildman–Crippen MR) is 47.5 cm³/mol. The normalized spacial score (nSPS) is 20.9. The van der Waals surface area contributed by atoms with Crippen LogP contribution in [0.25, 0.3) is 0 Å². The molecule has 8 heteroatoms. The van der Waals surface area contributed by atoms with Gasteiger partial charge in [-0.15, -0.1) is 0 Å². The maximum Gasteiger partial charge on any atom is 0.490 e. The van der Waals surface area contributed by atoms with Crippen molar-refractivity contribution in [2.45, 2.75) is 19.0 Å². The van der Waals surface area contributed by atoms with Gasteiger partial charge in [0.2, 0.25) is 0 Å². The van der Waals surface area contributed by atoms with Crippen molar-refractivity contribution in [2.24, 2.45) is 5.41 Å². The molecule has 2 N–H and O–H groups in total. The third-order valence-electron chi connectivity index (χ3n) is 2.69. The first-order valence-electron chi connectivity index (χ1n) is 4.70. The summed E-state index contributed by atoms with van der Waals surface area (Å²) < 4.78 is 55.4. The molecule has 1 saturated heterocycles. The number of aliphatic carboxylic acids is 1. The smallest absolute Gasteiger partial charge is 0.475 e. The summed E-state index contributed by atoms with van der Waals surface area (Å²) in [6.45, 7) is 1.87. The number of hydrogen-bond acceptors (Lipinski definition) is 2. The van der Waals surface area contributed by atoms with Crippen molar-refractivity contribution >= 4 is 5.97 Å². The molecule has 0 aromatic rings. The molecular weight excluding hydrogens is 249 g/mol. The van der Waals surface area contributed by atoms with Crippen LogP contribution < -0.4 is 5.32 Å². The molecule has 1 saturated carbocycles. The molecule has 17 heavy (non-hydrogen) atoms. The molecule has 98 valence electrons. The summed E-state index contributed by atoms with van der Waals surface area (Å²) in [5.41, 5.74) is 0.625. The highest BCUT2D eigenvalue weighted by atomic mass is 19.4. The van der Waals surface area contributed by atoms with Crippen molar-refractivity contribution in [1.82, 2.24) is 5.32 Å². The summed E-state index contributed by atoms with van der Waals surface area (Å²) in [6, 6.07) is 0. The second-order valence-corrected chi connectivity index (χ2v) is 4.12. The molecule has 2 aliphatic rings. The Kier molecular flexibility index (Phi) is 3.75. The van der Waals surface area contributed by atoms with Gasteiger partial charge in [-0.3, -0.25) is 0 Å². The number of nitrogens with one attached hydrogen (secondary N) is 1. The number of carboxylic acids is 1. The van der Waals surface area contributed by atoms with Gasteiger partial charge in [-0.25, -0.2) is 4.79 Å². The average molecular weight is 259 g/mol. The maximum absolute atomic E-state index is 11.8. The van der Waals surface area contributed by atoms with Crippen molar-refractivity contribution in [1.29, 1.82) is 0 Å². The quantitative estimate of drug-likeness (QED) is 0.655. The van der Waals surface area contributed by atoms with E-state index in [1.54, 1.807) is 0 Å². The number of halogens is 5. The van der Waals surface area contributed by atoms with E-state index in [0.29, 0.717) is 18.4 Å². The molecule has 0 atom stereocenters. The summed E-state index contributed by atoms with van der Waals surface area (Å²) in [6.07, 6.45) is -5.28. The Bertz CT molecular complexity index is 332. The van der Waals surface area contributed by atoms with Crippen LogP contribution >= 0.6 is 0 Å². The summed E-state index contributed by atoms with van der Waals surface area (Å²) >= 11 is 0. The molecule has 0 amide bonds. The standard InChI is InChI=1S/C7H9F2N.C2HF3O2/c8-6(9)5-1-7(2-5)3-10-4-7;3-2(4,5)1(6)7/h10H,1-4H2;(H,6,7). The van der Waals surface area contributed by atoms with Gasteiger partial charge >= 0.3 is 12.1 Å². The third kappa shape index (κ3) is 3.39. The van der Waals surface area contributed by atoms with Crippen LogP contribution in [0.15, 0.2) is 11.7 Å². The molecule has 0 aromatic carbocycles. The number of carboxylic acid groups (broad SMARTS) is 1. The number of rotatable bonds is 0. The minimum Gasteiger partial charge on any atom is -0.475 e. The third-order valence-corrected chi connectivity index (χ3v) is 2.69. The van der Waals surface area contributed by atoms with Crippen LogP contribution in [0.1, 0.15) is 12.8 Å². The molecule has 0 aromatic heterocycles. The van der Waals surface area contributed by atoms with Crippen molar-refractivity contribution in [2.75, 3.05) is 13.1 Å². The van der Waals surface area contributed by atoms with Crippen molar-refractivity contribution < 1.29 is 31.9 Å². The van der Waals surface area contributed by atoms with Crippen LogP contribution in [0.4, 0.5) is 22.0 Å². The highest BCUT2D eigenvalue weighted by Crippen LogP contribution is 2.49. The topological polar surface area (TPSA) is 49.3 Å². The molecular formula is C9H10F5NO2. The number of hydrogen-bond donors (Lipinski definition) is 2. The van der Waals surface area contributed by atoms with E-state index in [4.69, 9.17) is 9.90 Å². The summed E-state index contributed by atoms with van der Waals surface area (Å²) in [4.78, 5) is 8.90. The minimum absolute atomic E-state index is 0.249. The lowest BCUT2D eigenvalue weighted by atomic mass is 9.62. The van der Waals surface area contributed by atoms with Gasteiger partial charge in [0, 0.05) is 18.5 Å². The van der Waals surface area contributed by atoms with Crippen molar-refractivity contribution in [3.8, 4) is 0 Å². The molecule has 1 aliphatic heterocycles. The summed E-state index contributed by atoms with van der Waals surface area (Å²) in [7, 11) is 0. The van der Waals surface area contributed by atoms with Gasteiger partial charge in [0.05, 0.1) is 0 Å². The molecule has 3 nitrogen and oxygen atoms in total. The first kappa shape index (κ1) is 13.9. The molecule has 1 heterocycles. The van der Waals surface area contributed by atoms with Crippen LogP contribution in [0.2, 0.25) is 0 Å². The van der Waals surface area contributed by atoms with E-state index in [2.05, 4.69) is 5.32 Å². The van der Waals surface area contributed by atoms with Crippen LogP contribution in [-0.4, -0.2) is 30.3 Å². The van der Waals surface area contributed by atoms with E-state index >= 15 is 0 Å². The zero-order valence-electron chi connectivity index (χ0n) is 8.57. The van der Waals surface area contributed by atoms with Crippen LogP contribution in [0, 0.1) is 5.41 Å². The van der Waals surface area contributed by atoms with E-state index in [9.17, 15) is 22.0 Å². The second-order valence-electron chi connectivity index (χ2n) is 4.12. The fraction of sp³-hybridized carbons (Fsp3) is 0.667. The molecule has 0 bridgehead atoms. The van der Waals surface area contributed by atoms with E-state index in [-0.39, 0.29) is 5.41 Å². The predicted octanol–water partition coefficient (Wildman–Crippen LogP) is 2.15. The number of alkyl halides is 3. The first-order chi connectivity index (χ1) is 7.66. The Morgan fingerprint density at radius 3 is 1.82 bits per heavy atom. The van der Waals surface area contributed by atoms with Crippen molar-refractivity contribution in [3.05, 3.63) is 11.7 Å². The zero-order chi connectivity index (χ0) is 13.3. The minimum atomic E-state index is -5.08. The Labute approximate surface area is 93.3 Å². The van der Waals surface area contributed by atoms with Crippen LogP contribution in [-0.2, 0) is 4.79 Å². The lowest BCUT2D eigenvalue weighted by Gasteiger charge is -2.50. The molecule has 0 unspecified atom stereocenters. The van der Waals surface area contributed by atoms with E-state index in [1.807, 2.05) is 0 Å². The van der Waals surface area contributed by atoms with Crippen molar-refractivity contribution in [3.63, 3.8) is 0 Å². The maximum atomic E-state index is 11.8. The monoisotopic (exact) mass is 259 g/mol. The van der Waals surface area contributed by atoms with Gasteiger partial charge in [-0.2, -0.15) is 22.0 Å². The molecule has 1 aliphatic carbocycles. The zero-order valence-corrected chi connectivity index (χ0v) is 8.57. The lowest BCUT2D eigenvalue weighted by Crippen LogP contribution is -2.58. The Morgan fingerprint density at radius 2 is 1.65 bits per heavy atom. The lowest BCUT2D eigenvalue weighted by molar-refractivity contribution is -0.192. The summed E-state index contributed by atoms with van der Waals surface area (Å²) in [5.74, 6) is -2.76. The van der Waals surface area contributed by atoms with Gasteiger partial charge < -0.3 is 10.4 Å². The Hall–Kier alpha value is -1.18. The fourth-order valence-electron chi connectivity index (χ4n) is 1.72. The van der Waals surface area contributed by atoms with Crippen LogP contribution in [0.5, 0.6) is 0 Å². The fourth-order valence-corrected chi connectivity index (χ4v) is 1.72. The molecule has 2 fully saturated rings. The second kappa shape index (κ2) is 4.59. The highest BCUT2D eigenvalue weighted by molar-refractivity contribution is 5.73. The highest BCUT2D eigenvalue weighted by Gasteiger charge is 2.46. The van der Waals surface area contributed by atoms with Crippen LogP contribution in [0.3, 0.4) is 0 Å². The molecule has 1 spiro atoms. The Balaban J connectivity index is 0.000000185. The SMILES string of the molecule is FC(F)=C1CC2(CNC2)C1.O=C(O)C(F)(F)F. The van der Waals surface area contributed by atoms with Gasteiger partial charge in [0.15, 0.2) is 0 Å². The first-order valence-corrected chi connectivity index (χ1v) is 4.70. The van der Waals surface area contributed by atoms with Gasteiger partial charge in [0.1, 0.15) is 0 Å².